The van der Waals surface area contributed by atoms with Gasteiger partial charge in [0.15, 0.2) is 0 Å². The highest BCUT2D eigenvalue weighted by Gasteiger charge is 2.17. The second-order valence-corrected chi connectivity index (χ2v) is 7.78. The van der Waals surface area contributed by atoms with Crippen molar-refractivity contribution < 1.29 is 12.8 Å². The van der Waals surface area contributed by atoms with Gasteiger partial charge in [-0.3, -0.25) is 4.72 Å². The molecule has 3 rings (SSSR count). The standard InChI is InChI=1S/C19H16FN5O2S/c1-28(26,27)25-17-4-2-3-15(9-17)18(14-5-7-16(20)8-6-14)24-19-22-11-13(10-21)12-23-19/h2-9,11-12,18,25H,1H3,(H,22,23,24). The monoisotopic (exact) mass is 397 g/mol. The van der Waals surface area contributed by atoms with E-state index in [1.54, 1.807) is 36.4 Å². The van der Waals surface area contributed by atoms with Gasteiger partial charge in [-0.15, -0.1) is 0 Å². The summed E-state index contributed by atoms with van der Waals surface area (Å²) in [5.41, 5.74) is 2.16. The molecule has 28 heavy (non-hydrogen) atoms. The maximum absolute atomic E-state index is 13.4. The molecule has 0 amide bonds. The molecule has 3 aromatic rings. The summed E-state index contributed by atoms with van der Waals surface area (Å²) in [5, 5.41) is 12.0. The normalized spacial score (nSPS) is 12.0. The van der Waals surface area contributed by atoms with Crippen LogP contribution in [0.2, 0.25) is 0 Å². The molecule has 1 unspecified atom stereocenters. The van der Waals surface area contributed by atoms with E-state index in [1.807, 2.05) is 6.07 Å². The van der Waals surface area contributed by atoms with E-state index >= 15 is 0 Å². The minimum absolute atomic E-state index is 0.273. The van der Waals surface area contributed by atoms with E-state index in [0.717, 1.165) is 11.8 Å². The second-order valence-electron chi connectivity index (χ2n) is 6.04. The van der Waals surface area contributed by atoms with E-state index in [1.165, 1.54) is 24.5 Å². The highest BCUT2D eigenvalue weighted by atomic mass is 32.2. The summed E-state index contributed by atoms with van der Waals surface area (Å²) in [7, 11) is -3.43. The van der Waals surface area contributed by atoms with Crippen LogP contribution in [0.5, 0.6) is 0 Å². The summed E-state index contributed by atoms with van der Waals surface area (Å²) in [4.78, 5) is 8.22. The Morgan fingerprint density at radius 3 is 2.36 bits per heavy atom. The Hall–Kier alpha value is -3.51. The quantitative estimate of drug-likeness (QED) is 0.662. The molecule has 1 aromatic heterocycles. The molecule has 7 nitrogen and oxygen atoms in total. The van der Waals surface area contributed by atoms with Crippen LogP contribution in [-0.4, -0.2) is 24.6 Å². The third-order valence-electron chi connectivity index (χ3n) is 3.78. The molecule has 1 atom stereocenters. The number of benzene rings is 2. The fourth-order valence-corrected chi connectivity index (χ4v) is 3.15. The van der Waals surface area contributed by atoms with Crippen molar-refractivity contribution in [2.24, 2.45) is 0 Å². The van der Waals surface area contributed by atoms with E-state index in [-0.39, 0.29) is 11.8 Å². The van der Waals surface area contributed by atoms with E-state index in [9.17, 15) is 12.8 Å². The van der Waals surface area contributed by atoms with Crippen molar-refractivity contribution in [3.8, 4) is 6.07 Å². The number of anilines is 2. The van der Waals surface area contributed by atoms with Crippen LogP contribution in [0.3, 0.4) is 0 Å². The highest BCUT2D eigenvalue weighted by Crippen LogP contribution is 2.27. The average Bonchev–Trinajstić information content (AvgIpc) is 2.66. The molecule has 0 radical (unpaired) electrons. The van der Waals surface area contributed by atoms with Gasteiger partial charge in [-0.2, -0.15) is 5.26 Å². The van der Waals surface area contributed by atoms with Crippen molar-refractivity contribution in [3.05, 3.63) is 83.4 Å². The van der Waals surface area contributed by atoms with Crippen molar-refractivity contribution in [2.45, 2.75) is 6.04 Å². The minimum Gasteiger partial charge on any atom is -0.343 e. The van der Waals surface area contributed by atoms with Gasteiger partial charge in [0.25, 0.3) is 0 Å². The number of hydrogen-bond donors (Lipinski definition) is 2. The zero-order valence-electron chi connectivity index (χ0n) is 14.8. The smallest absolute Gasteiger partial charge is 0.229 e. The number of nitriles is 1. The van der Waals surface area contributed by atoms with Crippen LogP contribution in [0.25, 0.3) is 0 Å². The molecule has 0 saturated heterocycles. The van der Waals surface area contributed by atoms with Gasteiger partial charge in [-0.1, -0.05) is 24.3 Å². The molecule has 0 aliphatic heterocycles. The summed E-state index contributed by atoms with van der Waals surface area (Å²) >= 11 is 0. The Labute approximate surface area is 161 Å². The lowest BCUT2D eigenvalue weighted by molar-refractivity contribution is 0.606. The van der Waals surface area contributed by atoms with Gasteiger partial charge < -0.3 is 5.32 Å². The topological polar surface area (TPSA) is 108 Å². The first-order valence-electron chi connectivity index (χ1n) is 8.16. The number of nitrogens with zero attached hydrogens (tertiary/aromatic N) is 3. The second kappa shape index (κ2) is 8.02. The van der Waals surface area contributed by atoms with Gasteiger partial charge in [0.1, 0.15) is 11.9 Å². The summed E-state index contributed by atoms with van der Waals surface area (Å²) < 4.78 is 38.8. The molecule has 2 aromatic carbocycles. The highest BCUT2D eigenvalue weighted by molar-refractivity contribution is 7.92. The fourth-order valence-electron chi connectivity index (χ4n) is 2.60. The van der Waals surface area contributed by atoms with Crippen LogP contribution < -0.4 is 10.0 Å². The Morgan fingerprint density at radius 1 is 1.07 bits per heavy atom. The molecule has 0 aliphatic carbocycles. The van der Waals surface area contributed by atoms with E-state index < -0.39 is 16.1 Å². The van der Waals surface area contributed by atoms with E-state index in [2.05, 4.69) is 20.0 Å². The lowest BCUT2D eigenvalue weighted by Crippen LogP contribution is -2.15. The maximum Gasteiger partial charge on any atom is 0.229 e. The third kappa shape index (κ3) is 5.02. The van der Waals surface area contributed by atoms with Crippen molar-refractivity contribution in [1.29, 1.82) is 5.26 Å². The Bertz CT molecular complexity index is 1110. The number of rotatable bonds is 6. The van der Waals surface area contributed by atoms with Crippen molar-refractivity contribution >= 4 is 21.7 Å². The van der Waals surface area contributed by atoms with Crippen LogP contribution in [0.1, 0.15) is 22.7 Å². The number of sulfonamides is 1. The predicted molar refractivity (Wildman–Crippen MR) is 104 cm³/mol. The van der Waals surface area contributed by atoms with Gasteiger partial charge in [0.2, 0.25) is 16.0 Å². The van der Waals surface area contributed by atoms with Crippen molar-refractivity contribution in [2.75, 3.05) is 16.3 Å². The summed E-state index contributed by atoms with van der Waals surface area (Å²) in [5.74, 6) is -0.0978. The zero-order chi connectivity index (χ0) is 20.1. The minimum atomic E-state index is -3.43. The van der Waals surface area contributed by atoms with Gasteiger partial charge in [0.05, 0.1) is 30.3 Å². The maximum atomic E-state index is 13.4. The summed E-state index contributed by atoms with van der Waals surface area (Å²) in [6.45, 7) is 0. The molecule has 1 heterocycles. The van der Waals surface area contributed by atoms with Gasteiger partial charge in [0, 0.05) is 5.69 Å². The average molecular weight is 397 g/mol. The molecule has 0 bridgehead atoms. The molecule has 0 spiro atoms. The van der Waals surface area contributed by atoms with Crippen LogP contribution in [0.15, 0.2) is 60.9 Å². The molecule has 0 fully saturated rings. The predicted octanol–water partition coefficient (Wildman–Crippen LogP) is 3.06. The number of nitrogens with one attached hydrogen (secondary N) is 2. The molecule has 0 aliphatic rings. The lowest BCUT2D eigenvalue weighted by atomic mass is 9.98. The van der Waals surface area contributed by atoms with Crippen molar-refractivity contribution in [3.63, 3.8) is 0 Å². The molecule has 2 N–H and O–H groups in total. The summed E-state index contributed by atoms with van der Waals surface area (Å²) in [6, 6.07) is 14.2. The Kier molecular flexibility index (Phi) is 5.52. The Balaban J connectivity index is 1.99. The first-order chi connectivity index (χ1) is 13.3. The third-order valence-corrected chi connectivity index (χ3v) is 4.39. The van der Waals surface area contributed by atoms with Crippen LogP contribution in [0, 0.1) is 17.1 Å². The Morgan fingerprint density at radius 2 is 1.75 bits per heavy atom. The first kappa shape index (κ1) is 19.3. The molecule has 0 saturated carbocycles. The van der Waals surface area contributed by atoms with Gasteiger partial charge >= 0.3 is 0 Å². The van der Waals surface area contributed by atoms with Crippen molar-refractivity contribution in [1.82, 2.24) is 9.97 Å². The fraction of sp³-hybridized carbons (Fsp3) is 0.105. The van der Waals surface area contributed by atoms with Gasteiger partial charge in [-0.25, -0.2) is 22.8 Å². The van der Waals surface area contributed by atoms with Crippen LogP contribution in [-0.2, 0) is 10.0 Å². The number of aromatic nitrogens is 2. The molecular weight excluding hydrogens is 381 g/mol. The lowest BCUT2D eigenvalue weighted by Gasteiger charge is -2.20. The SMILES string of the molecule is CS(=O)(=O)Nc1cccc(C(Nc2ncc(C#N)cn2)c2ccc(F)cc2)c1. The zero-order valence-corrected chi connectivity index (χ0v) is 15.6. The van der Waals surface area contributed by atoms with E-state index in [0.29, 0.717) is 16.8 Å². The molecule has 9 heteroatoms. The van der Waals surface area contributed by atoms with Crippen LogP contribution >= 0.6 is 0 Å². The van der Waals surface area contributed by atoms with E-state index in [4.69, 9.17) is 5.26 Å². The number of hydrogen-bond acceptors (Lipinski definition) is 6. The number of halogens is 1. The van der Waals surface area contributed by atoms with Crippen LogP contribution in [0.4, 0.5) is 16.0 Å². The largest absolute Gasteiger partial charge is 0.343 e. The molecular formula is C19H16FN5O2S. The first-order valence-corrected chi connectivity index (χ1v) is 10.0. The van der Waals surface area contributed by atoms with Gasteiger partial charge in [-0.05, 0) is 35.4 Å². The molecule has 142 valence electrons. The summed E-state index contributed by atoms with van der Waals surface area (Å²) in [6.07, 6.45) is 3.84.